The van der Waals surface area contributed by atoms with E-state index in [1.165, 1.54) is 18.4 Å². The number of nitrogens with zero attached hydrogens (tertiary/aromatic N) is 4. The highest BCUT2D eigenvalue weighted by atomic mass is 32.2. The summed E-state index contributed by atoms with van der Waals surface area (Å²) in [5.41, 5.74) is 0. The van der Waals surface area contributed by atoms with Crippen LogP contribution in [0.15, 0.2) is 0 Å². The minimum absolute atomic E-state index is 0.0527. The van der Waals surface area contributed by atoms with Crippen LogP contribution in [-0.2, 0) is 27.7 Å². The summed E-state index contributed by atoms with van der Waals surface area (Å²) < 4.78 is 32.6. The number of carbonyl (C=O) groups excluding carboxylic acids is 1. The van der Waals surface area contributed by atoms with Crippen molar-refractivity contribution in [2.45, 2.75) is 31.8 Å². The van der Waals surface area contributed by atoms with Crippen LogP contribution in [0.2, 0.25) is 0 Å². The number of nitrogens with one attached hydrogen (secondary N) is 1. The molecule has 0 aromatic carbocycles. The second-order valence-electron chi connectivity index (χ2n) is 6.49. The maximum absolute atomic E-state index is 12.5. The molecule has 0 unspecified atom stereocenters. The van der Waals surface area contributed by atoms with Gasteiger partial charge < -0.3 is 14.6 Å². The number of hydrogen-bond acceptors (Lipinski definition) is 6. The van der Waals surface area contributed by atoms with Gasteiger partial charge >= 0.3 is 0 Å². The van der Waals surface area contributed by atoms with E-state index in [1.54, 1.807) is 0 Å². The fourth-order valence-electron chi connectivity index (χ4n) is 3.05. The van der Waals surface area contributed by atoms with Crippen molar-refractivity contribution in [1.82, 2.24) is 24.4 Å². The van der Waals surface area contributed by atoms with Gasteiger partial charge in [-0.2, -0.15) is 0 Å². The molecule has 134 valence electrons. The van der Waals surface area contributed by atoms with Crippen LogP contribution in [0.25, 0.3) is 0 Å². The number of sulfonamides is 1. The molecule has 0 saturated carbocycles. The predicted molar refractivity (Wildman–Crippen MR) is 86.0 cm³/mol. The third-order valence-corrected chi connectivity index (χ3v) is 6.52. The van der Waals surface area contributed by atoms with Crippen molar-refractivity contribution in [3.63, 3.8) is 0 Å². The van der Waals surface area contributed by atoms with Crippen molar-refractivity contribution in [2.75, 3.05) is 33.1 Å². The van der Waals surface area contributed by atoms with Gasteiger partial charge in [0.25, 0.3) is 5.91 Å². The lowest BCUT2D eigenvalue weighted by atomic mass is 10.1. The Morgan fingerprint density at radius 1 is 1.33 bits per heavy atom. The summed E-state index contributed by atoms with van der Waals surface area (Å²) in [7, 11) is -0.347. The number of hydrogen-bond donors (Lipinski definition) is 1. The van der Waals surface area contributed by atoms with Crippen molar-refractivity contribution in [3.8, 4) is 0 Å². The highest BCUT2D eigenvalue weighted by Crippen LogP contribution is 2.19. The highest BCUT2D eigenvalue weighted by molar-refractivity contribution is 7.89. The Morgan fingerprint density at radius 3 is 2.88 bits per heavy atom. The molecule has 9 nitrogen and oxygen atoms in total. The molecule has 2 aliphatic rings. The number of rotatable bonds is 5. The first-order chi connectivity index (χ1) is 11.4. The van der Waals surface area contributed by atoms with Crippen LogP contribution < -0.4 is 5.32 Å². The smallest absolute Gasteiger partial charge is 0.289 e. The third kappa shape index (κ3) is 3.45. The predicted octanol–water partition coefficient (Wildman–Crippen LogP) is -0.749. The summed E-state index contributed by atoms with van der Waals surface area (Å²) in [5.74, 6) is 0.484. The lowest BCUT2D eigenvalue weighted by molar-refractivity contribution is 0.0909. The van der Waals surface area contributed by atoms with Gasteiger partial charge in [0.2, 0.25) is 15.8 Å². The van der Waals surface area contributed by atoms with E-state index in [0.29, 0.717) is 19.0 Å². The summed E-state index contributed by atoms with van der Waals surface area (Å²) >= 11 is 0. The zero-order valence-corrected chi connectivity index (χ0v) is 14.8. The Balaban J connectivity index is 1.68. The summed E-state index contributed by atoms with van der Waals surface area (Å²) in [5, 5.41) is 10.9. The van der Waals surface area contributed by atoms with E-state index in [0.717, 1.165) is 31.6 Å². The number of aromatic nitrogens is 3. The van der Waals surface area contributed by atoms with Crippen LogP contribution in [0.4, 0.5) is 0 Å². The summed E-state index contributed by atoms with van der Waals surface area (Å²) in [6.45, 7) is 1.36. The van der Waals surface area contributed by atoms with Gasteiger partial charge in [0.1, 0.15) is 5.82 Å². The van der Waals surface area contributed by atoms with Crippen LogP contribution in [0.5, 0.6) is 0 Å². The van der Waals surface area contributed by atoms with E-state index >= 15 is 0 Å². The van der Waals surface area contributed by atoms with Crippen LogP contribution in [0.1, 0.15) is 29.3 Å². The van der Waals surface area contributed by atoms with Gasteiger partial charge in [-0.15, -0.1) is 10.2 Å². The maximum atomic E-state index is 12.5. The molecular weight excluding hydrogens is 334 g/mol. The second kappa shape index (κ2) is 6.77. The van der Waals surface area contributed by atoms with E-state index in [4.69, 9.17) is 4.74 Å². The number of ether oxygens (including phenoxy) is 1. The van der Waals surface area contributed by atoms with Gasteiger partial charge in [-0.1, -0.05) is 0 Å². The molecule has 1 aromatic heterocycles. The molecule has 3 rings (SSSR count). The molecule has 2 aliphatic heterocycles. The van der Waals surface area contributed by atoms with Crippen molar-refractivity contribution in [3.05, 3.63) is 11.6 Å². The highest BCUT2D eigenvalue weighted by Gasteiger charge is 2.35. The van der Waals surface area contributed by atoms with Gasteiger partial charge in [-0.3, -0.25) is 4.79 Å². The maximum Gasteiger partial charge on any atom is 0.289 e. The topological polar surface area (TPSA) is 106 Å². The number of amides is 1. The van der Waals surface area contributed by atoms with E-state index < -0.39 is 10.0 Å². The molecule has 0 bridgehead atoms. The molecule has 1 aromatic rings. The standard InChI is InChI=1S/C14H23N5O4S/c1-18(2)24(21,22)9-10-7-23-8-11(10)15-14(20)13-17-16-12-5-3-4-6-19(12)13/h10-11H,3-9H2,1-2H3,(H,15,20)/t10-,11-/m0/s1. The number of fused-ring (bicyclic) bond motifs is 1. The quantitative estimate of drug-likeness (QED) is 0.743. The Hall–Kier alpha value is -1.52. The lowest BCUT2D eigenvalue weighted by Crippen LogP contribution is -2.44. The van der Waals surface area contributed by atoms with E-state index in [-0.39, 0.29) is 23.6 Å². The van der Waals surface area contributed by atoms with Gasteiger partial charge in [0.05, 0.1) is 25.0 Å². The molecule has 24 heavy (non-hydrogen) atoms. The molecule has 1 fully saturated rings. The number of carbonyl (C=O) groups is 1. The summed E-state index contributed by atoms with van der Waals surface area (Å²) in [6.07, 6.45) is 2.89. The van der Waals surface area contributed by atoms with E-state index in [2.05, 4.69) is 15.5 Å². The Bertz CT molecular complexity index is 715. The average molecular weight is 357 g/mol. The molecule has 1 saturated heterocycles. The van der Waals surface area contributed by atoms with Crippen molar-refractivity contribution in [2.24, 2.45) is 5.92 Å². The molecular formula is C14H23N5O4S. The molecule has 0 aliphatic carbocycles. The molecule has 0 radical (unpaired) electrons. The minimum atomic E-state index is -3.35. The van der Waals surface area contributed by atoms with Gasteiger partial charge in [0.15, 0.2) is 0 Å². The molecule has 1 N–H and O–H groups in total. The summed E-state index contributed by atoms with van der Waals surface area (Å²) in [4.78, 5) is 12.5. The Labute approximate surface area is 141 Å². The third-order valence-electron chi connectivity index (χ3n) is 4.56. The number of aryl methyl sites for hydroxylation is 1. The average Bonchev–Trinajstić information content (AvgIpc) is 3.13. The Morgan fingerprint density at radius 2 is 2.12 bits per heavy atom. The molecule has 1 amide bonds. The molecule has 0 spiro atoms. The summed E-state index contributed by atoms with van der Waals surface area (Å²) in [6, 6.07) is -0.344. The first-order valence-corrected chi connectivity index (χ1v) is 9.70. The lowest BCUT2D eigenvalue weighted by Gasteiger charge is -2.21. The van der Waals surface area contributed by atoms with Crippen LogP contribution >= 0.6 is 0 Å². The molecule has 3 heterocycles. The largest absolute Gasteiger partial charge is 0.379 e. The van der Waals surface area contributed by atoms with E-state index in [9.17, 15) is 13.2 Å². The van der Waals surface area contributed by atoms with Gasteiger partial charge in [-0.25, -0.2) is 12.7 Å². The second-order valence-corrected chi connectivity index (χ2v) is 8.71. The Kier molecular flexibility index (Phi) is 4.88. The van der Waals surface area contributed by atoms with Crippen molar-refractivity contribution >= 4 is 15.9 Å². The van der Waals surface area contributed by atoms with Crippen LogP contribution in [0.3, 0.4) is 0 Å². The zero-order valence-electron chi connectivity index (χ0n) is 13.9. The van der Waals surface area contributed by atoms with Gasteiger partial charge in [0, 0.05) is 33.0 Å². The normalized spacial score (nSPS) is 24.1. The molecule has 2 atom stereocenters. The zero-order chi connectivity index (χ0) is 17.3. The van der Waals surface area contributed by atoms with Crippen molar-refractivity contribution < 1.29 is 17.9 Å². The molecule has 10 heteroatoms. The fraction of sp³-hybridized carbons (Fsp3) is 0.786. The first kappa shape index (κ1) is 17.3. The fourth-order valence-corrected chi connectivity index (χ4v) is 4.22. The van der Waals surface area contributed by atoms with Crippen LogP contribution in [-0.4, -0.2) is 72.5 Å². The minimum Gasteiger partial charge on any atom is -0.379 e. The monoisotopic (exact) mass is 357 g/mol. The van der Waals surface area contributed by atoms with E-state index in [1.807, 2.05) is 4.57 Å². The van der Waals surface area contributed by atoms with Crippen molar-refractivity contribution in [1.29, 1.82) is 0 Å². The van der Waals surface area contributed by atoms with Crippen LogP contribution in [0, 0.1) is 5.92 Å². The van der Waals surface area contributed by atoms with Gasteiger partial charge in [-0.05, 0) is 12.8 Å². The first-order valence-electron chi connectivity index (χ1n) is 8.09. The SMILES string of the molecule is CN(C)S(=O)(=O)C[C@@H]1COC[C@@H]1NC(=O)c1nnc2n1CCCC2.